The van der Waals surface area contributed by atoms with Crippen molar-refractivity contribution in [2.75, 3.05) is 0 Å². The van der Waals surface area contributed by atoms with Crippen LogP contribution in [-0.4, -0.2) is 22.8 Å². The van der Waals surface area contributed by atoms with Crippen molar-refractivity contribution in [3.63, 3.8) is 0 Å². The summed E-state index contributed by atoms with van der Waals surface area (Å²) < 4.78 is 0. The number of carbonyl (C=O) groups excluding carboxylic acids is 2. The molecule has 0 aliphatic heterocycles. The van der Waals surface area contributed by atoms with Gasteiger partial charge in [0, 0.05) is 13.1 Å². The lowest BCUT2D eigenvalue weighted by Gasteiger charge is -2.20. The van der Waals surface area contributed by atoms with Gasteiger partial charge in [-0.1, -0.05) is 19.9 Å². The van der Waals surface area contributed by atoms with E-state index in [0.717, 1.165) is 5.69 Å². The van der Waals surface area contributed by atoms with Crippen LogP contribution in [0.25, 0.3) is 0 Å². The molecule has 5 heteroatoms. The van der Waals surface area contributed by atoms with Crippen LogP contribution >= 0.6 is 0 Å². The summed E-state index contributed by atoms with van der Waals surface area (Å²) in [7, 11) is 0. The van der Waals surface area contributed by atoms with E-state index in [4.69, 9.17) is 0 Å². The zero-order chi connectivity index (χ0) is 13.5. The van der Waals surface area contributed by atoms with Crippen LogP contribution in [-0.2, 0) is 16.1 Å². The van der Waals surface area contributed by atoms with Crippen molar-refractivity contribution in [1.82, 2.24) is 15.6 Å². The van der Waals surface area contributed by atoms with E-state index < -0.39 is 6.04 Å². The average Bonchev–Trinajstić information content (AvgIpc) is 2.34. The number of aromatic nitrogens is 1. The first-order chi connectivity index (χ1) is 8.50. The highest BCUT2D eigenvalue weighted by molar-refractivity contribution is 5.86. The fourth-order valence-corrected chi connectivity index (χ4v) is 1.54. The van der Waals surface area contributed by atoms with E-state index in [1.165, 1.54) is 6.92 Å². The second-order valence-electron chi connectivity index (χ2n) is 4.46. The highest BCUT2D eigenvalue weighted by Crippen LogP contribution is 2.02. The number of pyridine rings is 1. The Morgan fingerprint density at radius 2 is 2.06 bits per heavy atom. The molecule has 2 N–H and O–H groups in total. The van der Waals surface area contributed by atoms with Gasteiger partial charge >= 0.3 is 0 Å². The van der Waals surface area contributed by atoms with Gasteiger partial charge in [-0.05, 0) is 18.1 Å². The summed E-state index contributed by atoms with van der Waals surface area (Å²) in [4.78, 5) is 27.1. The van der Waals surface area contributed by atoms with E-state index >= 15 is 0 Å². The van der Waals surface area contributed by atoms with Gasteiger partial charge in [-0.3, -0.25) is 14.6 Å². The average molecular weight is 249 g/mol. The third-order valence-corrected chi connectivity index (χ3v) is 2.48. The number of hydrogen-bond donors (Lipinski definition) is 2. The Morgan fingerprint density at radius 1 is 1.33 bits per heavy atom. The molecule has 98 valence electrons. The number of carbonyl (C=O) groups is 2. The zero-order valence-corrected chi connectivity index (χ0v) is 10.9. The fourth-order valence-electron chi connectivity index (χ4n) is 1.54. The topological polar surface area (TPSA) is 71.1 Å². The van der Waals surface area contributed by atoms with E-state index in [2.05, 4.69) is 15.6 Å². The third kappa shape index (κ3) is 4.53. The van der Waals surface area contributed by atoms with Gasteiger partial charge in [0.05, 0.1) is 12.2 Å². The van der Waals surface area contributed by atoms with Gasteiger partial charge < -0.3 is 10.6 Å². The summed E-state index contributed by atoms with van der Waals surface area (Å²) in [5.74, 6) is -0.356. The molecule has 0 saturated carbocycles. The Labute approximate surface area is 107 Å². The van der Waals surface area contributed by atoms with Crippen LogP contribution in [0.15, 0.2) is 24.4 Å². The minimum atomic E-state index is -0.508. The Hall–Kier alpha value is -1.91. The quantitative estimate of drug-likeness (QED) is 0.813. The Balaban J connectivity index is 2.54. The number of nitrogens with zero attached hydrogens (tertiary/aromatic N) is 1. The van der Waals surface area contributed by atoms with Crippen LogP contribution in [0, 0.1) is 5.92 Å². The van der Waals surface area contributed by atoms with Gasteiger partial charge in [0.2, 0.25) is 11.8 Å². The molecule has 2 amide bonds. The summed E-state index contributed by atoms with van der Waals surface area (Å²) >= 11 is 0. The largest absolute Gasteiger partial charge is 0.349 e. The molecule has 0 aliphatic rings. The van der Waals surface area contributed by atoms with E-state index in [1.54, 1.807) is 6.20 Å². The molecular formula is C13H19N3O2. The first-order valence-corrected chi connectivity index (χ1v) is 5.95. The maximum absolute atomic E-state index is 11.9. The maximum atomic E-state index is 11.9. The van der Waals surface area contributed by atoms with E-state index in [9.17, 15) is 9.59 Å². The molecule has 0 aromatic carbocycles. The first-order valence-electron chi connectivity index (χ1n) is 5.95. The van der Waals surface area contributed by atoms with Crippen molar-refractivity contribution in [2.24, 2.45) is 5.92 Å². The molecule has 0 spiro atoms. The van der Waals surface area contributed by atoms with Crippen LogP contribution in [0.2, 0.25) is 0 Å². The second kappa shape index (κ2) is 6.74. The predicted molar refractivity (Wildman–Crippen MR) is 68.5 cm³/mol. The van der Waals surface area contributed by atoms with Crippen LogP contribution in [0.3, 0.4) is 0 Å². The van der Waals surface area contributed by atoms with Gasteiger partial charge in [-0.25, -0.2) is 0 Å². The minimum Gasteiger partial charge on any atom is -0.349 e. The molecule has 0 fully saturated rings. The third-order valence-electron chi connectivity index (χ3n) is 2.48. The smallest absolute Gasteiger partial charge is 0.243 e. The zero-order valence-electron chi connectivity index (χ0n) is 10.9. The molecule has 0 saturated heterocycles. The predicted octanol–water partition coefficient (Wildman–Crippen LogP) is 0.858. The lowest BCUT2D eigenvalue weighted by Crippen LogP contribution is -2.48. The summed E-state index contributed by atoms with van der Waals surface area (Å²) in [6, 6.07) is 5.01. The lowest BCUT2D eigenvalue weighted by atomic mass is 10.0. The van der Waals surface area contributed by atoms with Gasteiger partial charge in [0.25, 0.3) is 0 Å². The van der Waals surface area contributed by atoms with Gasteiger partial charge in [0.15, 0.2) is 0 Å². The summed E-state index contributed by atoms with van der Waals surface area (Å²) in [6.07, 6.45) is 1.68. The van der Waals surface area contributed by atoms with Gasteiger partial charge in [0.1, 0.15) is 6.04 Å². The van der Waals surface area contributed by atoms with E-state index in [-0.39, 0.29) is 17.7 Å². The van der Waals surface area contributed by atoms with Crippen molar-refractivity contribution in [1.29, 1.82) is 0 Å². The van der Waals surface area contributed by atoms with Gasteiger partial charge in [-0.2, -0.15) is 0 Å². The molecule has 0 radical (unpaired) electrons. The number of amides is 2. The minimum absolute atomic E-state index is 0.0395. The molecule has 0 unspecified atom stereocenters. The van der Waals surface area contributed by atoms with Crippen molar-refractivity contribution in [3.05, 3.63) is 30.1 Å². The lowest BCUT2D eigenvalue weighted by molar-refractivity contribution is -0.129. The molecule has 5 nitrogen and oxygen atoms in total. The Morgan fingerprint density at radius 3 is 2.56 bits per heavy atom. The normalized spacial score (nSPS) is 12.0. The number of rotatable bonds is 5. The molecule has 1 atom stereocenters. The molecule has 0 bridgehead atoms. The highest BCUT2D eigenvalue weighted by Gasteiger charge is 2.22. The monoisotopic (exact) mass is 249 g/mol. The molecule has 1 aromatic heterocycles. The molecule has 1 aromatic rings. The van der Waals surface area contributed by atoms with Crippen LogP contribution in [0.4, 0.5) is 0 Å². The molecule has 18 heavy (non-hydrogen) atoms. The number of hydrogen-bond acceptors (Lipinski definition) is 3. The van der Waals surface area contributed by atoms with Crippen molar-refractivity contribution in [3.8, 4) is 0 Å². The Bertz CT molecular complexity index is 404. The molecule has 1 heterocycles. The fraction of sp³-hybridized carbons (Fsp3) is 0.462. The SMILES string of the molecule is CC(=O)N[C@@H](C(=O)NCc1ccccn1)C(C)C. The second-order valence-corrected chi connectivity index (χ2v) is 4.46. The Kier molecular flexibility index (Phi) is 5.30. The van der Waals surface area contributed by atoms with Crippen LogP contribution in [0.1, 0.15) is 26.5 Å². The van der Waals surface area contributed by atoms with E-state index in [0.29, 0.717) is 6.54 Å². The molecule has 0 aliphatic carbocycles. The van der Waals surface area contributed by atoms with Crippen LogP contribution < -0.4 is 10.6 Å². The van der Waals surface area contributed by atoms with Crippen molar-refractivity contribution in [2.45, 2.75) is 33.4 Å². The summed E-state index contributed by atoms with van der Waals surface area (Å²) in [6.45, 7) is 5.55. The molecular weight excluding hydrogens is 230 g/mol. The standard InChI is InChI=1S/C13H19N3O2/c1-9(2)12(16-10(3)17)13(18)15-8-11-6-4-5-7-14-11/h4-7,9,12H,8H2,1-3H3,(H,15,18)(H,16,17)/t12-/m1/s1. The highest BCUT2D eigenvalue weighted by atomic mass is 16.2. The van der Waals surface area contributed by atoms with Crippen LogP contribution in [0.5, 0.6) is 0 Å². The first kappa shape index (κ1) is 14.2. The summed E-state index contributed by atoms with van der Waals surface area (Å²) in [5.41, 5.74) is 0.788. The van der Waals surface area contributed by atoms with Gasteiger partial charge in [-0.15, -0.1) is 0 Å². The van der Waals surface area contributed by atoms with Crippen molar-refractivity contribution < 1.29 is 9.59 Å². The van der Waals surface area contributed by atoms with E-state index in [1.807, 2.05) is 32.0 Å². The number of nitrogens with one attached hydrogen (secondary N) is 2. The summed E-state index contributed by atoms with van der Waals surface area (Å²) in [5, 5.41) is 5.41. The van der Waals surface area contributed by atoms with Crippen molar-refractivity contribution >= 4 is 11.8 Å². The maximum Gasteiger partial charge on any atom is 0.243 e. The molecule has 1 rings (SSSR count).